The van der Waals surface area contributed by atoms with Crippen LogP contribution in [0.25, 0.3) is 0 Å². The molecule has 0 aliphatic heterocycles. The van der Waals surface area contributed by atoms with Crippen LogP contribution < -0.4 is 15.0 Å². The standard InChI is InChI=1S/Ce.8O.2W/q+4;;;;;4*-1;;. The van der Waals surface area contributed by atoms with Gasteiger partial charge in [0.25, 0.3) is 0 Å². The summed E-state index contributed by atoms with van der Waals surface area (Å²) in [4.78, 5) is 0. The van der Waals surface area contributed by atoms with E-state index in [4.69, 9.17) is 28.6 Å². The molecule has 0 saturated heterocycles. The molecule has 0 aromatic rings. The van der Waals surface area contributed by atoms with Gasteiger partial charge in [0.15, 0.2) is 0 Å². The Morgan fingerprint density at radius 2 is 0.636 bits per heavy atom. The predicted octanol–water partition coefficient (Wildman–Crippen LogP) is -5.24. The molecule has 0 radical (unpaired) electrons. The Kier molecular flexibility index (Phi) is 12.2. The first-order chi connectivity index (χ1) is 4.00. The zero-order chi connectivity index (χ0) is 9.00. The second-order valence-electron chi connectivity index (χ2n) is 0.816. The van der Waals surface area contributed by atoms with Crippen LogP contribution in [0.15, 0.2) is 0 Å². The second-order valence-corrected chi connectivity index (χ2v) is 6.68. The molecule has 0 spiro atoms. The topological polar surface area (TPSA) is 161 Å². The van der Waals surface area contributed by atoms with Gasteiger partial charge in [-0.3, -0.25) is 0 Å². The van der Waals surface area contributed by atoms with E-state index < -0.39 is 33.5 Å². The Morgan fingerprint density at radius 3 is 0.636 bits per heavy atom. The summed E-state index contributed by atoms with van der Waals surface area (Å²) in [6.45, 7) is 0. The van der Waals surface area contributed by atoms with Gasteiger partial charge in [-0.25, -0.2) is 0 Å². The zero-order valence-corrected chi connectivity index (χ0v) is 13.6. The summed E-state index contributed by atoms with van der Waals surface area (Å²) in [6, 6.07) is 0. The minimum absolute atomic E-state index is 0. The SMILES string of the molecule is [Ce+4].[O]=[W](=[O])([O-])[O-].[O]=[W](=[O])([O-])[O-]. The van der Waals surface area contributed by atoms with E-state index in [9.17, 15) is 0 Å². The summed E-state index contributed by atoms with van der Waals surface area (Å²) >= 11 is -12.3. The molecule has 0 unspecified atom stereocenters. The quantitative estimate of drug-likeness (QED) is 0.255. The summed E-state index contributed by atoms with van der Waals surface area (Å²) in [6.07, 6.45) is 0. The van der Waals surface area contributed by atoms with E-state index in [1.807, 2.05) is 0 Å². The van der Waals surface area contributed by atoms with Crippen LogP contribution in [0.5, 0.6) is 0 Å². The van der Waals surface area contributed by atoms with Gasteiger partial charge in [-0.2, -0.15) is 0 Å². The van der Waals surface area contributed by atoms with Gasteiger partial charge in [-0.1, -0.05) is 0 Å². The third kappa shape index (κ3) is 352. The number of hydrogen-bond donors (Lipinski definition) is 0. The van der Waals surface area contributed by atoms with Gasteiger partial charge >= 0.3 is 104 Å². The van der Waals surface area contributed by atoms with E-state index in [1.165, 1.54) is 0 Å². The van der Waals surface area contributed by atoms with Crippen molar-refractivity contribution in [2.45, 2.75) is 0 Å². The molecule has 0 fully saturated rings. The fraction of sp³-hybridized carbons (Fsp3) is 0. The van der Waals surface area contributed by atoms with E-state index >= 15 is 0 Å². The van der Waals surface area contributed by atoms with Crippen LogP contribution in [0.4, 0.5) is 0 Å². The van der Waals surface area contributed by atoms with Gasteiger partial charge in [0, 0.05) is 0 Å². The Labute approximate surface area is 102 Å². The predicted molar refractivity (Wildman–Crippen MR) is 2.75 cm³/mol. The van der Waals surface area contributed by atoms with Crippen LogP contribution >= 0.6 is 0 Å². The number of rotatable bonds is 0. The summed E-state index contributed by atoms with van der Waals surface area (Å²) in [5, 5.41) is 0. The first-order valence-corrected chi connectivity index (χ1v) is 10.9. The molecular weight excluding hydrogens is 636 g/mol. The van der Waals surface area contributed by atoms with Crippen LogP contribution in [-0.4, -0.2) is 0 Å². The third-order valence-electron chi connectivity index (χ3n) is 0. The molecule has 0 amide bonds. The average molecular weight is 636 g/mol. The molecule has 0 atom stereocenters. The minimum atomic E-state index is -6.17. The fourth-order valence-corrected chi connectivity index (χ4v) is 0. The molecule has 64 valence electrons. The summed E-state index contributed by atoms with van der Waals surface area (Å²) < 4.78 is 69.2. The van der Waals surface area contributed by atoms with E-state index in [2.05, 4.69) is 0 Å². The third-order valence-corrected chi connectivity index (χ3v) is 0. The number of hydrogen-bond acceptors (Lipinski definition) is 8. The van der Waals surface area contributed by atoms with Crippen LogP contribution in [0.1, 0.15) is 0 Å². The summed E-state index contributed by atoms with van der Waals surface area (Å²) in [5.74, 6) is 0. The normalized spacial score (nSPS) is 10.5. The molecule has 0 rings (SSSR count). The van der Waals surface area contributed by atoms with Gasteiger partial charge in [0.1, 0.15) is 0 Å². The Balaban J connectivity index is -0.000000107. The van der Waals surface area contributed by atoms with Crippen molar-refractivity contribution in [1.29, 1.82) is 0 Å². The fourth-order valence-electron chi connectivity index (χ4n) is 0. The Morgan fingerprint density at radius 1 is 0.636 bits per heavy atom. The molecule has 0 bridgehead atoms. The van der Waals surface area contributed by atoms with Crippen molar-refractivity contribution in [3.8, 4) is 0 Å². The van der Waals surface area contributed by atoms with Gasteiger partial charge in [-0.05, 0) is 0 Å². The second kappa shape index (κ2) is 7.22. The molecule has 0 aromatic carbocycles. The maximum atomic E-state index is 8.65. The molecule has 8 nitrogen and oxygen atoms in total. The molecule has 0 aliphatic rings. The Bertz CT molecular complexity index is 208. The van der Waals surface area contributed by atoms with Crippen molar-refractivity contribution in [2.24, 2.45) is 0 Å². The Hall–Kier alpha value is 1.79. The van der Waals surface area contributed by atoms with Crippen molar-refractivity contribution in [3.63, 3.8) is 0 Å². The van der Waals surface area contributed by atoms with Crippen molar-refractivity contribution < 1.29 is 104 Å². The van der Waals surface area contributed by atoms with Crippen molar-refractivity contribution >= 4 is 0 Å². The molecule has 0 N–H and O–H groups in total. The first-order valence-electron chi connectivity index (χ1n) is 1.33. The average Bonchev–Trinajstić information content (AvgIpc) is 1.12. The van der Waals surface area contributed by atoms with E-state index in [1.54, 1.807) is 0 Å². The molecule has 11 heteroatoms. The molecule has 0 aromatic heterocycles. The van der Waals surface area contributed by atoms with Gasteiger partial charge in [0.2, 0.25) is 0 Å². The molecular formula is CeO8W2. The molecule has 11 heavy (non-hydrogen) atoms. The van der Waals surface area contributed by atoms with E-state index in [0.717, 1.165) is 0 Å². The van der Waals surface area contributed by atoms with E-state index in [-0.39, 0.29) is 41.7 Å². The molecule has 0 heterocycles. The summed E-state index contributed by atoms with van der Waals surface area (Å²) in [7, 11) is 0. The van der Waals surface area contributed by atoms with Crippen molar-refractivity contribution in [2.75, 3.05) is 0 Å². The van der Waals surface area contributed by atoms with Crippen molar-refractivity contribution in [3.05, 3.63) is 0 Å². The van der Waals surface area contributed by atoms with Gasteiger partial charge < -0.3 is 0 Å². The summed E-state index contributed by atoms with van der Waals surface area (Å²) in [5.41, 5.74) is 0. The monoisotopic (exact) mass is 636 g/mol. The van der Waals surface area contributed by atoms with Crippen LogP contribution in [0.2, 0.25) is 0 Å². The van der Waals surface area contributed by atoms with Crippen LogP contribution in [0, 0.1) is 41.7 Å². The zero-order valence-electron chi connectivity index (χ0n) is 4.58. The van der Waals surface area contributed by atoms with E-state index in [0.29, 0.717) is 0 Å². The van der Waals surface area contributed by atoms with Gasteiger partial charge in [0.05, 0.1) is 0 Å². The van der Waals surface area contributed by atoms with Crippen molar-refractivity contribution in [1.82, 2.24) is 0 Å². The molecule has 0 aliphatic carbocycles. The van der Waals surface area contributed by atoms with Crippen LogP contribution in [-0.2, 0) is 47.1 Å². The molecule has 0 saturated carbocycles. The first kappa shape index (κ1) is 18.6. The van der Waals surface area contributed by atoms with Crippen LogP contribution in [0.3, 0.4) is 0 Å². The maximum absolute atomic E-state index is 8.65. The van der Waals surface area contributed by atoms with Gasteiger partial charge in [-0.15, -0.1) is 0 Å².